The molecule has 2 amide bonds. The lowest BCUT2D eigenvalue weighted by Gasteiger charge is -2.24. The molecule has 142 valence electrons. The second-order valence-electron chi connectivity index (χ2n) is 6.77. The van der Waals surface area contributed by atoms with Gasteiger partial charge in [0.1, 0.15) is 0 Å². The van der Waals surface area contributed by atoms with E-state index in [2.05, 4.69) is 16.2 Å². The van der Waals surface area contributed by atoms with Gasteiger partial charge in [-0.2, -0.15) is 0 Å². The highest BCUT2D eigenvalue weighted by Gasteiger charge is 2.35. The Morgan fingerprint density at radius 2 is 1.81 bits per heavy atom. The predicted molar refractivity (Wildman–Crippen MR) is 106 cm³/mol. The molecular formula is C20H23ClN4O2. The number of benzene rings is 2. The van der Waals surface area contributed by atoms with Crippen LogP contribution in [0.15, 0.2) is 48.5 Å². The summed E-state index contributed by atoms with van der Waals surface area (Å²) in [6, 6.07) is 14.8. The number of anilines is 1. The zero-order chi connectivity index (χ0) is 19.4. The number of nitrogens with zero attached hydrogens (tertiary/aromatic N) is 1. The quantitative estimate of drug-likeness (QED) is 0.738. The lowest BCUT2D eigenvalue weighted by molar-refractivity contribution is -0.136. The maximum absolute atomic E-state index is 12.9. The number of nitrogens with one attached hydrogen (secondary N) is 3. The minimum Gasteiger partial charge on any atom is -0.336 e. The van der Waals surface area contributed by atoms with Crippen LogP contribution < -0.4 is 16.2 Å². The molecule has 1 aliphatic heterocycles. The van der Waals surface area contributed by atoms with Crippen LogP contribution in [-0.4, -0.2) is 36.9 Å². The van der Waals surface area contributed by atoms with Crippen molar-refractivity contribution in [3.05, 3.63) is 64.7 Å². The van der Waals surface area contributed by atoms with Crippen LogP contribution in [-0.2, 0) is 9.59 Å². The van der Waals surface area contributed by atoms with E-state index in [0.29, 0.717) is 11.6 Å². The number of rotatable bonds is 5. The summed E-state index contributed by atoms with van der Waals surface area (Å²) in [7, 11) is 1.65. The first kappa shape index (κ1) is 19.4. The third-order valence-electron chi connectivity index (χ3n) is 4.62. The molecule has 1 aliphatic rings. The van der Waals surface area contributed by atoms with Crippen molar-refractivity contribution in [1.82, 2.24) is 15.8 Å². The van der Waals surface area contributed by atoms with Crippen molar-refractivity contribution in [1.29, 1.82) is 0 Å². The van der Waals surface area contributed by atoms with E-state index < -0.39 is 0 Å². The molecule has 3 N–H and O–H groups in total. The molecule has 1 fully saturated rings. The van der Waals surface area contributed by atoms with Crippen LogP contribution in [0.3, 0.4) is 0 Å². The summed E-state index contributed by atoms with van der Waals surface area (Å²) in [4.78, 5) is 26.6. The van der Waals surface area contributed by atoms with E-state index in [-0.39, 0.29) is 30.3 Å². The maximum atomic E-state index is 12.9. The molecule has 3 rings (SSSR count). The van der Waals surface area contributed by atoms with Gasteiger partial charge in [0.25, 0.3) is 0 Å². The first-order valence-electron chi connectivity index (χ1n) is 8.79. The van der Waals surface area contributed by atoms with Crippen molar-refractivity contribution >= 4 is 29.1 Å². The Bertz CT molecular complexity index is 808. The highest BCUT2D eigenvalue weighted by Crippen LogP contribution is 2.27. The molecule has 0 saturated carbocycles. The Kier molecular flexibility index (Phi) is 6.11. The number of halogens is 1. The third kappa shape index (κ3) is 4.86. The number of amides is 2. The Hall–Kier alpha value is -2.41. The summed E-state index contributed by atoms with van der Waals surface area (Å²) in [6.07, 6.45) is 0. The second-order valence-corrected chi connectivity index (χ2v) is 7.21. The SMILES string of the molecule is Cc1ccc(NC(=O)CN(C)C(=O)C2CNNC2c2ccc(Cl)cc2)cc1. The van der Waals surface area contributed by atoms with Crippen LogP contribution in [0.25, 0.3) is 0 Å². The largest absolute Gasteiger partial charge is 0.336 e. The van der Waals surface area contributed by atoms with Crippen LogP contribution in [0.2, 0.25) is 5.02 Å². The van der Waals surface area contributed by atoms with Crippen LogP contribution in [0.1, 0.15) is 17.2 Å². The van der Waals surface area contributed by atoms with Gasteiger partial charge in [0, 0.05) is 24.3 Å². The number of carbonyl (C=O) groups is 2. The van der Waals surface area contributed by atoms with E-state index in [9.17, 15) is 9.59 Å². The average Bonchev–Trinajstić information content (AvgIpc) is 3.13. The molecule has 27 heavy (non-hydrogen) atoms. The van der Waals surface area contributed by atoms with Crippen molar-refractivity contribution in [3.63, 3.8) is 0 Å². The number of likely N-dealkylation sites (N-methyl/N-ethyl adjacent to an activating group) is 1. The molecule has 6 nitrogen and oxygen atoms in total. The molecule has 2 unspecified atom stereocenters. The van der Waals surface area contributed by atoms with Gasteiger partial charge in [-0.05, 0) is 36.8 Å². The summed E-state index contributed by atoms with van der Waals surface area (Å²) < 4.78 is 0. The summed E-state index contributed by atoms with van der Waals surface area (Å²) >= 11 is 5.94. The van der Waals surface area contributed by atoms with Crippen LogP contribution >= 0.6 is 11.6 Å². The van der Waals surface area contributed by atoms with E-state index in [1.54, 1.807) is 19.2 Å². The van der Waals surface area contributed by atoms with Crippen LogP contribution in [0, 0.1) is 12.8 Å². The van der Waals surface area contributed by atoms with Gasteiger partial charge in [-0.1, -0.05) is 41.4 Å². The Morgan fingerprint density at radius 1 is 1.15 bits per heavy atom. The molecular weight excluding hydrogens is 364 g/mol. The van der Waals surface area contributed by atoms with Gasteiger partial charge in [0.15, 0.2) is 0 Å². The summed E-state index contributed by atoms with van der Waals surface area (Å²) in [5, 5.41) is 3.47. The Balaban J connectivity index is 1.61. The van der Waals surface area contributed by atoms with Gasteiger partial charge in [0.2, 0.25) is 11.8 Å². The molecule has 1 heterocycles. The molecule has 0 aliphatic carbocycles. The molecule has 7 heteroatoms. The Labute approximate surface area is 163 Å². The zero-order valence-corrected chi connectivity index (χ0v) is 16.1. The predicted octanol–water partition coefficient (Wildman–Crippen LogP) is 2.51. The fourth-order valence-electron chi connectivity index (χ4n) is 3.13. The molecule has 1 saturated heterocycles. The van der Waals surface area contributed by atoms with Crippen molar-refractivity contribution in [2.75, 3.05) is 25.5 Å². The first-order chi connectivity index (χ1) is 12.9. The lowest BCUT2D eigenvalue weighted by atomic mass is 9.94. The van der Waals surface area contributed by atoms with Gasteiger partial charge in [-0.3, -0.25) is 15.0 Å². The van der Waals surface area contributed by atoms with Crippen molar-refractivity contribution in [2.24, 2.45) is 5.92 Å². The van der Waals surface area contributed by atoms with E-state index in [1.165, 1.54) is 4.90 Å². The van der Waals surface area contributed by atoms with Crippen molar-refractivity contribution < 1.29 is 9.59 Å². The van der Waals surface area contributed by atoms with Gasteiger partial charge < -0.3 is 10.2 Å². The maximum Gasteiger partial charge on any atom is 0.243 e. The Morgan fingerprint density at radius 3 is 2.48 bits per heavy atom. The fraction of sp³-hybridized carbons (Fsp3) is 0.300. The molecule has 2 atom stereocenters. The highest BCUT2D eigenvalue weighted by molar-refractivity contribution is 6.30. The molecule has 0 bridgehead atoms. The van der Waals surface area contributed by atoms with Gasteiger partial charge >= 0.3 is 0 Å². The van der Waals surface area contributed by atoms with Gasteiger partial charge in [0.05, 0.1) is 18.5 Å². The summed E-state index contributed by atoms with van der Waals surface area (Å²) in [5.41, 5.74) is 8.98. The standard InChI is InChI=1S/C20H23ClN4O2/c1-13-3-9-16(10-4-13)23-18(26)12-25(2)20(27)17-11-22-24-19(17)14-5-7-15(21)8-6-14/h3-10,17,19,22,24H,11-12H2,1-2H3,(H,23,26). The normalized spacial score (nSPS) is 18.9. The molecule has 0 spiro atoms. The van der Waals surface area contributed by atoms with Gasteiger partial charge in [-0.25, -0.2) is 5.43 Å². The highest BCUT2D eigenvalue weighted by atomic mass is 35.5. The first-order valence-corrected chi connectivity index (χ1v) is 9.17. The average molecular weight is 387 g/mol. The molecule has 0 aromatic heterocycles. The van der Waals surface area contributed by atoms with E-state index >= 15 is 0 Å². The molecule has 2 aromatic rings. The fourth-order valence-corrected chi connectivity index (χ4v) is 3.25. The monoisotopic (exact) mass is 386 g/mol. The van der Waals surface area contributed by atoms with E-state index in [1.807, 2.05) is 43.3 Å². The molecule has 0 radical (unpaired) electrons. The van der Waals surface area contributed by atoms with Crippen molar-refractivity contribution in [2.45, 2.75) is 13.0 Å². The van der Waals surface area contributed by atoms with Crippen molar-refractivity contribution in [3.8, 4) is 0 Å². The summed E-state index contributed by atoms with van der Waals surface area (Å²) in [6.45, 7) is 2.48. The lowest BCUT2D eigenvalue weighted by Crippen LogP contribution is -2.40. The summed E-state index contributed by atoms with van der Waals surface area (Å²) in [5.74, 6) is -0.619. The number of aryl methyl sites for hydroxylation is 1. The smallest absolute Gasteiger partial charge is 0.243 e. The molecule has 2 aromatic carbocycles. The number of carbonyl (C=O) groups excluding carboxylic acids is 2. The van der Waals surface area contributed by atoms with E-state index in [4.69, 9.17) is 11.6 Å². The zero-order valence-electron chi connectivity index (χ0n) is 15.3. The number of hydrogen-bond donors (Lipinski definition) is 3. The topological polar surface area (TPSA) is 73.5 Å². The van der Waals surface area contributed by atoms with Crippen LogP contribution in [0.4, 0.5) is 5.69 Å². The second kappa shape index (κ2) is 8.52. The third-order valence-corrected chi connectivity index (χ3v) is 4.87. The van der Waals surface area contributed by atoms with Gasteiger partial charge in [-0.15, -0.1) is 0 Å². The van der Waals surface area contributed by atoms with E-state index in [0.717, 1.165) is 16.8 Å². The minimum atomic E-state index is -0.302. The minimum absolute atomic E-state index is 0.00343. The number of hydrazine groups is 1. The van der Waals surface area contributed by atoms with Crippen LogP contribution in [0.5, 0.6) is 0 Å². The number of hydrogen-bond acceptors (Lipinski definition) is 4.